The maximum Gasteiger partial charge on any atom is 0.300 e. The van der Waals surface area contributed by atoms with Crippen molar-refractivity contribution in [3.63, 3.8) is 0 Å². The number of rotatable bonds is 6. The molecule has 0 aromatic heterocycles. The maximum absolute atomic E-state index is 13.4. The SMILES string of the molecule is COc1ccc(/C(O)=C2/C(=O)C(=O)N(c3ccc(NC(C)=O)cc3)C2c2ccc(N(C)C)cc2)cc1Cl. The molecule has 190 valence electrons. The number of halogens is 1. The lowest BCUT2D eigenvalue weighted by Gasteiger charge is -2.26. The monoisotopic (exact) mass is 519 g/mol. The third-order valence-electron chi connectivity index (χ3n) is 6.06. The molecule has 0 saturated carbocycles. The highest BCUT2D eigenvalue weighted by Crippen LogP contribution is 2.43. The summed E-state index contributed by atoms with van der Waals surface area (Å²) in [5.41, 5.74) is 2.77. The van der Waals surface area contributed by atoms with Crippen molar-refractivity contribution >= 4 is 52.0 Å². The molecule has 0 aliphatic carbocycles. The number of benzene rings is 3. The smallest absolute Gasteiger partial charge is 0.300 e. The average Bonchev–Trinajstić information content (AvgIpc) is 3.14. The van der Waals surface area contributed by atoms with Gasteiger partial charge in [0.25, 0.3) is 11.7 Å². The molecule has 9 heteroatoms. The lowest BCUT2D eigenvalue weighted by atomic mass is 9.95. The number of nitrogens with one attached hydrogen (secondary N) is 1. The van der Waals surface area contributed by atoms with Crippen LogP contribution in [0.3, 0.4) is 0 Å². The molecule has 1 aliphatic heterocycles. The number of Topliss-reactive ketones (excluding diaryl/α,β-unsaturated/α-hetero) is 1. The van der Waals surface area contributed by atoms with E-state index < -0.39 is 17.7 Å². The summed E-state index contributed by atoms with van der Waals surface area (Å²) < 4.78 is 5.18. The lowest BCUT2D eigenvalue weighted by Crippen LogP contribution is -2.29. The Bertz CT molecular complexity index is 1400. The predicted octanol–water partition coefficient (Wildman–Crippen LogP) is 5.00. The van der Waals surface area contributed by atoms with E-state index in [1.807, 2.05) is 43.3 Å². The van der Waals surface area contributed by atoms with Crippen molar-refractivity contribution in [1.29, 1.82) is 0 Å². The number of methoxy groups -OCH3 is 1. The van der Waals surface area contributed by atoms with Crippen molar-refractivity contribution in [2.24, 2.45) is 0 Å². The molecule has 0 radical (unpaired) electrons. The van der Waals surface area contributed by atoms with E-state index in [0.717, 1.165) is 5.69 Å². The molecule has 1 fully saturated rings. The highest BCUT2D eigenvalue weighted by molar-refractivity contribution is 6.51. The number of carbonyl (C=O) groups excluding carboxylic acids is 3. The number of anilines is 3. The minimum atomic E-state index is -0.899. The van der Waals surface area contributed by atoms with E-state index in [2.05, 4.69) is 5.32 Å². The fourth-order valence-corrected chi connectivity index (χ4v) is 4.50. The molecule has 2 amide bonds. The zero-order valence-electron chi connectivity index (χ0n) is 20.8. The van der Waals surface area contributed by atoms with Crippen LogP contribution in [0.2, 0.25) is 5.02 Å². The van der Waals surface area contributed by atoms with Gasteiger partial charge in [0.15, 0.2) is 0 Å². The molecule has 1 aliphatic rings. The summed E-state index contributed by atoms with van der Waals surface area (Å²) in [4.78, 5) is 41.4. The van der Waals surface area contributed by atoms with Crippen molar-refractivity contribution in [3.8, 4) is 5.75 Å². The van der Waals surface area contributed by atoms with Gasteiger partial charge >= 0.3 is 0 Å². The molecule has 1 unspecified atom stereocenters. The highest BCUT2D eigenvalue weighted by Gasteiger charge is 2.47. The molecule has 1 heterocycles. The Morgan fingerprint density at radius 2 is 1.68 bits per heavy atom. The summed E-state index contributed by atoms with van der Waals surface area (Å²) in [6.07, 6.45) is 0. The Kier molecular flexibility index (Phi) is 7.22. The fraction of sp³-hybridized carbons (Fsp3) is 0.179. The second-order valence-corrected chi connectivity index (χ2v) is 9.14. The van der Waals surface area contributed by atoms with Gasteiger partial charge in [0.1, 0.15) is 11.5 Å². The maximum atomic E-state index is 13.4. The van der Waals surface area contributed by atoms with Crippen LogP contribution in [0.15, 0.2) is 72.3 Å². The van der Waals surface area contributed by atoms with Crippen molar-refractivity contribution in [2.75, 3.05) is 36.3 Å². The molecule has 1 saturated heterocycles. The van der Waals surface area contributed by atoms with Crippen molar-refractivity contribution in [2.45, 2.75) is 13.0 Å². The van der Waals surface area contributed by atoms with Crippen molar-refractivity contribution in [1.82, 2.24) is 0 Å². The number of ether oxygens (including phenoxy) is 1. The Balaban J connectivity index is 1.88. The van der Waals surface area contributed by atoms with Gasteiger partial charge in [-0.3, -0.25) is 19.3 Å². The molecule has 8 nitrogen and oxygen atoms in total. The number of carbonyl (C=O) groups is 3. The Morgan fingerprint density at radius 3 is 2.22 bits per heavy atom. The van der Waals surface area contributed by atoms with Crippen LogP contribution in [0.1, 0.15) is 24.1 Å². The molecular weight excluding hydrogens is 494 g/mol. The minimum absolute atomic E-state index is 0.0604. The van der Waals surface area contributed by atoms with Gasteiger partial charge in [-0.05, 0) is 60.2 Å². The zero-order valence-corrected chi connectivity index (χ0v) is 21.5. The normalized spacial score (nSPS) is 16.6. The van der Waals surface area contributed by atoms with Crippen LogP contribution >= 0.6 is 11.6 Å². The first-order valence-electron chi connectivity index (χ1n) is 11.4. The number of hydrogen-bond acceptors (Lipinski definition) is 6. The van der Waals surface area contributed by atoms with Crippen LogP contribution in [0.5, 0.6) is 5.75 Å². The third-order valence-corrected chi connectivity index (χ3v) is 6.36. The third kappa shape index (κ3) is 5.01. The van der Waals surface area contributed by atoms with Gasteiger partial charge < -0.3 is 20.1 Å². The predicted molar refractivity (Wildman–Crippen MR) is 144 cm³/mol. The van der Waals surface area contributed by atoms with E-state index in [1.165, 1.54) is 25.0 Å². The first kappa shape index (κ1) is 25.8. The van der Waals surface area contributed by atoms with Crippen LogP contribution in [0, 0.1) is 0 Å². The molecule has 3 aromatic carbocycles. The van der Waals surface area contributed by atoms with Crippen LogP contribution in [0.25, 0.3) is 5.76 Å². The number of aliphatic hydroxyl groups excluding tert-OH is 1. The van der Waals surface area contributed by atoms with Gasteiger partial charge in [-0.2, -0.15) is 0 Å². The number of amides is 2. The van der Waals surface area contributed by atoms with E-state index in [-0.39, 0.29) is 27.8 Å². The Morgan fingerprint density at radius 1 is 1.03 bits per heavy atom. The quantitative estimate of drug-likeness (QED) is 0.270. The Labute approximate surface area is 219 Å². The summed E-state index contributed by atoms with van der Waals surface area (Å²) in [7, 11) is 5.29. The summed E-state index contributed by atoms with van der Waals surface area (Å²) in [6.45, 7) is 1.40. The van der Waals surface area contributed by atoms with Crippen molar-refractivity contribution < 1.29 is 24.2 Å². The molecule has 37 heavy (non-hydrogen) atoms. The standard InChI is InChI=1S/C28H26ClN3O5/c1-16(33)30-19-8-12-21(13-9-19)32-25(17-5-10-20(11-6-17)31(2)3)24(27(35)28(32)36)26(34)18-7-14-23(37-4)22(29)15-18/h5-15,25,34H,1-4H3,(H,30,33)/b26-24-. The number of nitrogens with zero attached hydrogens (tertiary/aromatic N) is 2. The first-order chi connectivity index (χ1) is 17.6. The van der Waals surface area contributed by atoms with Crippen LogP contribution in [-0.4, -0.2) is 43.9 Å². The van der Waals surface area contributed by atoms with E-state index in [4.69, 9.17) is 16.3 Å². The number of aliphatic hydroxyl groups is 1. The van der Waals surface area contributed by atoms with E-state index in [9.17, 15) is 19.5 Å². The Hall–Kier alpha value is -4.30. The number of hydrogen-bond donors (Lipinski definition) is 2. The number of ketones is 1. The van der Waals surface area contributed by atoms with Crippen molar-refractivity contribution in [3.05, 3.63) is 88.5 Å². The molecule has 0 bridgehead atoms. The van der Waals surface area contributed by atoms with Gasteiger partial charge in [0.05, 0.1) is 23.7 Å². The van der Waals surface area contributed by atoms with Gasteiger partial charge in [0, 0.05) is 43.6 Å². The first-order valence-corrected chi connectivity index (χ1v) is 11.8. The molecule has 0 spiro atoms. The molecule has 3 aromatic rings. The summed E-state index contributed by atoms with van der Waals surface area (Å²) >= 11 is 6.27. The topological polar surface area (TPSA) is 99.2 Å². The highest BCUT2D eigenvalue weighted by atomic mass is 35.5. The van der Waals surface area contributed by atoms with Crippen LogP contribution in [-0.2, 0) is 14.4 Å². The van der Waals surface area contributed by atoms with Gasteiger partial charge in [0.2, 0.25) is 5.91 Å². The minimum Gasteiger partial charge on any atom is -0.507 e. The van der Waals surface area contributed by atoms with Gasteiger partial charge in [-0.1, -0.05) is 23.7 Å². The summed E-state index contributed by atoms with van der Waals surface area (Å²) in [5.74, 6) is -1.77. The second kappa shape index (κ2) is 10.4. The molecule has 1 atom stereocenters. The van der Waals surface area contributed by atoms with E-state index >= 15 is 0 Å². The van der Waals surface area contributed by atoms with Crippen LogP contribution in [0.4, 0.5) is 17.1 Å². The molecule has 2 N–H and O–H groups in total. The summed E-state index contributed by atoms with van der Waals surface area (Å²) in [5, 5.41) is 14.2. The zero-order chi connectivity index (χ0) is 26.9. The van der Waals surface area contributed by atoms with E-state index in [1.54, 1.807) is 36.4 Å². The largest absolute Gasteiger partial charge is 0.507 e. The molecule has 4 rings (SSSR count). The van der Waals surface area contributed by atoms with E-state index in [0.29, 0.717) is 22.7 Å². The van der Waals surface area contributed by atoms with Crippen LogP contribution < -0.4 is 19.9 Å². The second-order valence-electron chi connectivity index (χ2n) is 8.73. The molecular formula is C28H26ClN3O5. The van der Waals surface area contributed by atoms with Gasteiger partial charge in [-0.15, -0.1) is 0 Å². The summed E-state index contributed by atoms with van der Waals surface area (Å²) in [6, 6.07) is 17.7. The fourth-order valence-electron chi connectivity index (χ4n) is 4.25. The van der Waals surface area contributed by atoms with Gasteiger partial charge in [-0.25, -0.2) is 0 Å². The average molecular weight is 520 g/mol. The lowest BCUT2D eigenvalue weighted by molar-refractivity contribution is -0.132.